The van der Waals surface area contributed by atoms with Crippen LogP contribution in [-0.2, 0) is 22.6 Å². The van der Waals surface area contributed by atoms with Gasteiger partial charge in [-0.15, -0.1) is 0 Å². The number of nitrogens with zero attached hydrogens (tertiary/aromatic N) is 1. The third kappa shape index (κ3) is 3.77. The first-order chi connectivity index (χ1) is 8.40. The van der Waals surface area contributed by atoms with Crippen molar-refractivity contribution in [3.63, 3.8) is 0 Å². The van der Waals surface area contributed by atoms with Crippen LogP contribution in [0.25, 0.3) is 0 Å². The van der Waals surface area contributed by atoms with Crippen molar-refractivity contribution < 1.29 is 9.47 Å². The molecule has 0 amide bonds. The third-order valence-corrected chi connectivity index (χ3v) is 3.13. The van der Waals surface area contributed by atoms with Crippen LogP contribution in [0.5, 0.6) is 0 Å². The summed E-state index contributed by atoms with van der Waals surface area (Å²) in [6.07, 6.45) is 3.98. The average molecular weight is 236 g/mol. The normalized spacial score (nSPS) is 17.2. The molecule has 1 saturated heterocycles. The van der Waals surface area contributed by atoms with E-state index in [4.69, 9.17) is 15.2 Å². The predicted octanol–water partition coefficient (Wildman–Crippen LogP) is 1.48. The highest BCUT2D eigenvalue weighted by Crippen LogP contribution is 2.16. The van der Waals surface area contributed by atoms with Gasteiger partial charge < -0.3 is 15.2 Å². The summed E-state index contributed by atoms with van der Waals surface area (Å²) in [6, 6.07) is 3.95. The lowest BCUT2D eigenvalue weighted by molar-refractivity contribution is 0.0155. The number of pyridine rings is 1. The molecule has 0 aromatic carbocycles. The SMILES string of the molecule is NCc1ncccc1COCC1CCOCC1. The Morgan fingerprint density at radius 3 is 3.00 bits per heavy atom. The summed E-state index contributed by atoms with van der Waals surface area (Å²) >= 11 is 0. The molecule has 94 valence electrons. The summed E-state index contributed by atoms with van der Waals surface area (Å²) in [5.74, 6) is 0.641. The molecule has 2 rings (SSSR count). The predicted molar refractivity (Wildman–Crippen MR) is 65.3 cm³/mol. The van der Waals surface area contributed by atoms with Crippen molar-refractivity contribution in [3.8, 4) is 0 Å². The molecule has 17 heavy (non-hydrogen) atoms. The van der Waals surface area contributed by atoms with Gasteiger partial charge in [0.15, 0.2) is 0 Å². The highest BCUT2D eigenvalue weighted by atomic mass is 16.5. The largest absolute Gasteiger partial charge is 0.381 e. The highest BCUT2D eigenvalue weighted by Gasteiger charge is 2.13. The first kappa shape index (κ1) is 12.5. The van der Waals surface area contributed by atoms with Crippen LogP contribution in [0.15, 0.2) is 18.3 Å². The second-order valence-electron chi connectivity index (χ2n) is 4.38. The summed E-state index contributed by atoms with van der Waals surface area (Å²) in [4.78, 5) is 4.24. The van der Waals surface area contributed by atoms with Gasteiger partial charge >= 0.3 is 0 Å². The molecule has 0 saturated carbocycles. The van der Waals surface area contributed by atoms with Crippen molar-refractivity contribution in [3.05, 3.63) is 29.6 Å². The van der Waals surface area contributed by atoms with Gasteiger partial charge in [-0.2, -0.15) is 0 Å². The van der Waals surface area contributed by atoms with E-state index >= 15 is 0 Å². The topological polar surface area (TPSA) is 57.4 Å². The lowest BCUT2D eigenvalue weighted by atomic mass is 10.0. The van der Waals surface area contributed by atoms with Crippen LogP contribution in [0.1, 0.15) is 24.1 Å². The van der Waals surface area contributed by atoms with Gasteiger partial charge in [0.2, 0.25) is 0 Å². The van der Waals surface area contributed by atoms with Crippen LogP contribution in [0.2, 0.25) is 0 Å². The molecular formula is C13H20N2O2. The van der Waals surface area contributed by atoms with Crippen molar-refractivity contribution in [2.45, 2.75) is 26.0 Å². The van der Waals surface area contributed by atoms with Crippen molar-refractivity contribution in [2.24, 2.45) is 11.7 Å². The van der Waals surface area contributed by atoms with E-state index in [0.29, 0.717) is 19.1 Å². The summed E-state index contributed by atoms with van der Waals surface area (Å²) < 4.78 is 11.1. The highest BCUT2D eigenvalue weighted by molar-refractivity contribution is 5.18. The lowest BCUT2D eigenvalue weighted by Gasteiger charge is -2.21. The summed E-state index contributed by atoms with van der Waals surface area (Å²) in [6.45, 7) is 3.63. The molecular weight excluding hydrogens is 216 g/mol. The van der Waals surface area contributed by atoms with E-state index in [1.165, 1.54) is 0 Å². The monoisotopic (exact) mass is 236 g/mol. The van der Waals surface area contributed by atoms with Gasteiger partial charge in [0.1, 0.15) is 0 Å². The van der Waals surface area contributed by atoms with Crippen LogP contribution in [-0.4, -0.2) is 24.8 Å². The zero-order valence-electron chi connectivity index (χ0n) is 10.1. The van der Waals surface area contributed by atoms with Crippen LogP contribution in [0, 0.1) is 5.92 Å². The van der Waals surface area contributed by atoms with Crippen molar-refractivity contribution in [1.29, 1.82) is 0 Å². The van der Waals surface area contributed by atoms with Gasteiger partial charge in [-0.05, 0) is 24.8 Å². The van der Waals surface area contributed by atoms with E-state index in [9.17, 15) is 0 Å². The van der Waals surface area contributed by atoms with Crippen LogP contribution in [0.4, 0.5) is 0 Å². The fourth-order valence-electron chi connectivity index (χ4n) is 2.04. The minimum Gasteiger partial charge on any atom is -0.381 e. The Morgan fingerprint density at radius 2 is 2.24 bits per heavy atom. The Labute approximate surface area is 102 Å². The molecule has 2 N–H and O–H groups in total. The van der Waals surface area contributed by atoms with Crippen LogP contribution < -0.4 is 5.73 Å². The Balaban J connectivity index is 1.77. The molecule has 4 heteroatoms. The van der Waals surface area contributed by atoms with Crippen LogP contribution in [0.3, 0.4) is 0 Å². The standard InChI is InChI=1S/C13H20N2O2/c14-8-13-12(2-1-5-15-13)10-17-9-11-3-6-16-7-4-11/h1-2,5,11H,3-4,6-10,14H2. The summed E-state index contributed by atoms with van der Waals surface area (Å²) in [7, 11) is 0. The Hall–Kier alpha value is -0.970. The smallest absolute Gasteiger partial charge is 0.0735 e. The van der Waals surface area contributed by atoms with Gasteiger partial charge in [0.25, 0.3) is 0 Å². The quantitative estimate of drug-likeness (QED) is 0.841. The van der Waals surface area contributed by atoms with Gasteiger partial charge in [-0.25, -0.2) is 0 Å². The van der Waals surface area contributed by atoms with Gasteiger partial charge in [-0.1, -0.05) is 6.07 Å². The Bertz CT molecular complexity index is 338. The second kappa shape index (κ2) is 6.69. The zero-order chi connectivity index (χ0) is 11.9. The fraction of sp³-hybridized carbons (Fsp3) is 0.615. The number of hydrogen-bond donors (Lipinski definition) is 1. The zero-order valence-corrected chi connectivity index (χ0v) is 10.1. The van der Waals surface area contributed by atoms with E-state index in [1.807, 2.05) is 12.1 Å². The third-order valence-electron chi connectivity index (χ3n) is 3.13. The molecule has 0 atom stereocenters. The minimum absolute atomic E-state index is 0.469. The molecule has 4 nitrogen and oxygen atoms in total. The maximum Gasteiger partial charge on any atom is 0.0735 e. The molecule has 1 aliphatic rings. The van der Waals surface area contributed by atoms with E-state index < -0.39 is 0 Å². The number of nitrogens with two attached hydrogens (primary N) is 1. The number of aromatic nitrogens is 1. The summed E-state index contributed by atoms with van der Waals surface area (Å²) in [5, 5.41) is 0. The van der Waals surface area contributed by atoms with Crippen molar-refractivity contribution in [1.82, 2.24) is 4.98 Å². The number of hydrogen-bond acceptors (Lipinski definition) is 4. The molecule has 0 aliphatic carbocycles. The molecule has 0 bridgehead atoms. The van der Waals surface area contributed by atoms with E-state index in [-0.39, 0.29) is 0 Å². The maximum absolute atomic E-state index is 5.75. The molecule has 2 heterocycles. The molecule has 0 unspecified atom stereocenters. The van der Waals surface area contributed by atoms with Gasteiger partial charge in [0, 0.05) is 31.5 Å². The molecule has 0 radical (unpaired) electrons. The number of rotatable bonds is 5. The first-order valence-corrected chi connectivity index (χ1v) is 6.18. The van der Waals surface area contributed by atoms with Crippen LogP contribution >= 0.6 is 0 Å². The van der Waals surface area contributed by atoms with Gasteiger partial charge in [-0.3, -0.25) is 4.98 Å². The molecule has 1 fully saturated rings. The molecule has 1 aliphatic heterocycles. The van der Waals surface area contributed by atoms with E-state index in [2.05, 4.69) is 4.98 Å². The minimum atomic E-state index is 0.469. The average Bonchev–Trinajstić information content (AvgIpc) is 2.40. The van der Waals surface area contributed by atoms with E-state index in [0.717, 1.165) is 43.9 Å². The first-order valence-electron chi connectivity index (χ1n) is 6.18. The maximum atomic E-state index is 5.75. The van der Waals surface area contributed by atoms with Crippen molar-refractivity contribution >= 4 is 0 Å². The molecule has 1 aromatic heterocycles. The van der Waals surface area contributed by atoms with Crippen molar-refractivity contribution in [2.75, 3.05) is 19.8 Å². The lowest BCUT2D eigenvalue weighted by Crippen LogP contribution is -2.20. The summed E-state index contributed by atoms with van der Waals surface area (Å²) in [5.41, 5.74) is 7.66. The molecule has 1 aromatic rings. The van der Waals surface area contributed by atoms with E-state index in [1.54, 1.807) is 6.20 Å². The number of ether oxygens (including phenoxy) is 2. The van der Waals surface area contributed by atoms with Gasteiger partial charge in [0.05, 0.1) is 18.9 Å². The second-order valence-corrected chi connectivity index (χ2v) is 4.38. The Kier molecular flexibility index (Phi) is 4.91. The Morgan fingerprint density at radius 1 is 1.41 bits per heavy atom. The molecule has 0 spiro atoms. The fourth-order valence-corrected chi connectivity index (χ4v) is 2.04.